The van der Waals surface area contributed by atoms with E-state index in [0.29, 0.717) is 6.04 Å². The fourth-order valence-electron chi connectivity index (χ4n) is 2.43. The van der Waals surface area contributed by atoms with Gasteiger partial charge in [0, 0.05) is 17.1 Å². The third kappa shape index (κ3) is 4.73. The summed E-state index contributed by atoms with van der Waals surface area (Å²) in [5.74, 6) is 0. The molecule has 0 fully saturated rings. The van der Waals surface area contributed by atoms with Crippen molar-refractivity contribution >= 4 is 11.3 Å². The van der Waals surface area contributed by atoms with Crippen LogP contribution < -0.4 is 5.32 Å². The number of hydrogen-bond acceptors (Lipinski definition) is 3. The van der Waals surface area contributed by atoms with Gasteiger partial charge in [0.15, 0.2) is 0 Å². The monoisotopic (exact) mass is 288 g/mol. The SMILES string of the molecule is CCCNC(CCc1ccccc1C)Cc1cncs1. The first kappa shape index (κ1) is 15.2. The van der Waals surface area contributed by atoms with Crippen molar-refractivity contribution in [3.8, 4) is 0 Å². The second-order valence-corrected chi connectivity index (χ2v) is 6.26. The van der Waals surface area contributed by atoms with Crippen LogP contribution in [-0.4, -0.2) is 17.6 Å². The Balaban J connectivity index is 1.91. The first-order valence-electron chi connectivity index (χ1n) is 7.45. The summed E-state index contributed by atoms with van der Waals surface area (Å²) < 4.78 is 0. The highest BCUT2D eigenvalue weighted by Crippen LogP contribution is 2.15. The first-order chi connectivity index (χ1) is 9.79. The van der Waals surface area contributed by atoms with Gasteiger partial charge in [-0.05, 0) is 50.3 Å². The molecule has 0 aliphatic carbocycles. The van der Waals surface area contributed by atoms with Crippen LogP contribution in [0.2, 0.25) is 0 Å². The molecule has 0 saturated carbocycles. The standard InChI is InChI=1S/C17H24N2S/c1-3-10-19-16(11-17-12-18-13-20-17)9-8-15-7-5-4-6-14(15)2/h4-7,12-13,16,19H,3,8-11H2,1-2H3. The quantitative estimate of drug-likeness (QED) is 0.794. The molecule has 0 amide bonds. The molecule has 3 heteroatoms. The molecule has 108 valence electrons. The lowest BCUT2D eigenvalue weighted by Crippen LogP contribution is -2.32. The zero-order valence-electron chi connectivity index (χ0n) is 12.4. The van der Waals surface area contributed by atoms with Crippen LogP contribution in [0, 0.1) is 6.92 Å². The number of benzene rings is 1. The van der Waals surface area contributed by atoms with Gasteiger partial charge in [-0.25, -0.2) is 0 Å². The molecule has 20 heavy (non-hydrogen) atoms. The number of hydrogen-bond donors (Lipinski definition) is 1. The van der Waals surface area contributed by atoms with Crippen molar-refractivity contribution in [2.45, 2.75) is 45.6 Å². The summed E-state index contributed by atoms with van der Waals surface area (Å²) in [5.41, 5.74) is 4.80. The van der Waals surface area contributed by atoms with Crippen molar-refractivity contribution in [3.05, 3.63) is 52.0 Å². The van der Waals surface area contributed by atoms with E-state index in [9.17, 15) is 0 Å². The van der Waals surface area contributed by atoms with E-state index < -0.39 is 0 Å². The number of aromatic nitrogens is 1. The van der Waals surface area contributed by atoms with Gasteiger partial charge >= 0.3 is 0 Å². The van der Waals surface area contributed by atoms with Gasteiger partial charge in [-0.2, -0.15) is 0 Å². The van der Waals surface area contributed by atoms with Crippen LogP contribution in [0.1, 0.15) is 35.8 Å². The van der Waals surface area contributed by atoms with Crippen molar-refractivity contribution in [1.29, 1.82) is 0 Å². The third-order valence-electron chi connectivity index (χ3n) is 3.64. The maximum absolute atomic E-state index is 4.18. The maximum Gasteiger partial charge on any atom is 0.0794 e. The Labute approximate surface area is 126 Å². The predicted molar refractivity (Wildman–Crippen MR) is 87.4 cm³/mol. The van der Waals surface area contributed by atoms with Crippen LogP contribution in [0.3, 0.4) is 0 Å². The van der Waals surface area contributed by atoms with E-state index in [4.69, 9.17) is 0 Å². The van der Waals surface area contributed by atoms with Gasteiger partial charge in [-0.15, -0.1) is 11.3 Å². The normalized spacial score (nSPS) is 12.5. The minimum atomic E-state index is 0.551. The fourth-order valence-corrected chi connectivity index (χ4v) is 3.11. The summed E-state index contributed by atoms with van der Waals surface area (Å²) in [4.78, 5) is 5.56. The van der Waals surface area contributed by atoms with Gasteiger partial charge in [-0.3, -0.25) is 4.98 Å². The number of thiazole rings is 1. The molecule has 0 spiro atoms. The minimum Gasteiger partial charge on any atom is -0.314 e. The first-order valence-corrected chi connectivity index (χ1v) is 8.32. The van der Waals surface area contributed by atoms with Gasteiger partial charge in [0.1, 0.15) is 0 Å². The van der Waals surface area contributed by atoms with E-state index in [1.165, 1.54) is 28.8 Å². The highest BCUT2D eigenvalue weighted by molar-refractivity contribution is 7.09. The summed E-state index contributed by atoms with van der Waals surface area (Å²) in [7, 11) is 0. The maximum atomic E-state index is 4.18. The Hall–Kier alpha value is -1.19. The van der Waals surface area contributed by atoms with E-state index in [1.807, 2.05) is 11.7 Å². The topological polar surface area (TPSA) is 24.9 Å². The van der Waals surface area contributed by atoms with Crippen LogP contribution in [0.25, 0.3) is 0 Å². The van der Waals surface area contributed by atoms with E-state index in [0.717, 1.165) is 19.4 Å². The van der Waals surface area contributed by atoms with Crippen LogP contribution in [0.15, 0.2) is 36.0 Å². The number of rotatable bonds is 8. The molecule has 0 bridgehead atoms. The van der Waals surface area contributed by atoms with Gasteiger partial charge in [0.05, 0.1) is 5.51 Å². The molecule has 1 heterocycles. The Morgan fingerprint density at radius 1 is 1.30 bits per heavy atom. The van der Waals surface area contributed by atoms with E-state index in [2.05, 4.69) is 48.4 Å². The van der Waals surface area contributed by atoms with Gasteiger partial charge in [-0.1, -0.05) is 31.2 Å². The molecular weight excluding hydrogens is 264 g/mol. The Morgan fingerprint density at radius 2 is 2.15 bits per heavy atom. The Kier molecular flexibility index (Phi) is 6.22. The van der Waals surface area contributed by atoms with Crippen molar-refractivity contribution in [3.63, 3.8) is 0 Å². The summed E-state index contributed by atoms with van der Waals surface area (Å²) in [6.07, 6.45) is 6.61. The van der Waals surface area contributed by atoms with Crippen LogP contribution in [0.4, 0.5) is 0 Å². The zero-order valence-corrected chi connectivity index (χ0v) is 13.2. The summed E-state index contributed by atoms with van der Waals surface area (Å²) in [5, 5.41) is 3.68. The Bertz CT molecular complexity index is 493. The van der Waals surface area contributed by atoms with Crippen molar-refractivity contribution in [2.75, 3.05) is 6.54 Å². The minimum absolute atomic E-state index is 0.551. The van der Waals surface area contributed by atoms with Crippen molar-refractivity contribution < 1.29 is 0 Å². The molecule has 2 aromatic rings. The van der Waals surface area contributed by atoms with E-state index in [-0.39, 0.29) is 0 Å². The molecule has 1 unspecified atom stereocenters. The largest absolute Gasteiger partial charge is 0.314 e. The molecule has 1 atom stereocenters. The second kappa shape index (κ2) is 8.18. The lowest BCUT2D eigenvalue weighted by atomic mass is 9.99. The van der Waals surface area contributed by atoms with Gasteiger partial charge in [0.25, 0.3) is 0 Å². The highest BCUT2D eigenvalue weighted by atomic mass is 32.1. The predicted octanol–water partition coefficient (Wildman–Crippen LogP) is 4.00. The van der Waals surface area contributed by atoms with E-state index >= 15 is 0 Å². The summed E-state index contributed by atoms with van der Waals surface area (Å²) in [6, 6.07) is 9.25. The molecule has 1 aromatic heterocycles. The zero-order chi connectivity index (χ0) is 14.2. The van der Waals surface area contributed by atoms with Gasteiger partial charge in [0.2, 0.25) is 0 Å². The molecule has 1 N–H and O–H groups in total. The lowest BCUT2D eigenvalue weighted by Gasteiger charge is -2.18. The second-order valence-electron chi connectivity index (χ2n) is 5.29. The van der Waals surface area contributed by atoms with Crippen LogP contribution >= 0.6 is 11.3 Å². The van der Waals surface area contributed by atoms with E-state index in [1.54, 1.807) is 11.3 Å². The average molecular weight is 288 g/mol. The van der Waals surface area contributed by atoms with Crippen molar-refractivity contribution in [1.82, 2.24) is 10.3 Å². The molecule has 1 aromatic carbocycles. The molecule has 0 radical (unpaired) electrons. The van der Waals surface area contributed by atoms with Crippen molar-refractivity contribution in [2.24, 2.45) is 0 Å². The molecule has 2 rings (SSSR count). The summed E-state index contributed by atoms with van der Waals surface area (Å²) >= 11 is 1.76. The third-order valence-corrected chi connectivity index (χ3v) is 4.44. The Morgan fingerprint density at radius 3 is 2.85 bits per heavy atom. The molecule has 0 aliphatic heterocycles. The summed E-state index contributed by atoms with van der Waals surface area (Å²) in [6.45, 7) is 5.52. The smallest absolute Gasteiger partial charge is 0.0794 e. The molecular formula is C17H24N2S. The molecule has 2 nitrogen and oxygen atoms in total. The van der Waals surface area contributed by atoms with Gasteiger partial charge < -0.3 is 5.32 Å². The van der Waals surface area contributed by atoms with Crippen LogP contribution in [0.5, 0.6) is 0 Å². The number of nitrogens with zero attached hydrogens (tertiary/aromatic N) is 1. The number of nitrogens with one attached hydrogen (secondary N) is 1. The molecule has 0 saturated heterocycles. The molecule has 0 aliphatic rings. The van der Waals surface area contributed by atoms with Crippen LogP contribution in [-0.2, 0) is 12.8 Å². The average Bonchev–Trinajstić information content (AvgIpc) is 2.96. The fraction of sp³-hybridized carbons (Fsp3) is 0.471. The highest BCUT2D eigenvalue weighted by Gasteiger charge is 2.10. The lowest BCUT2D eigenvalue weighted by molar-refractivity contribution is 0.479. The number of aryl methyl sites for hydroxylation is 2.